The monoisotopic (exact) mass is 354 g/mol. The molecule has 0 amide bonds. The lowest BCUT2D eigenvalue weighted by atomic mass is 10.3. The van der Waals surface area contributed by atoms with Crippen LogP contribution in [0.25, 0.3) is 0 Å². The largest absolute Gasteiger partial charge is 0.385 e. The first-order valence-corrected chi connectivity index (χ1v) is 6.72. The summed E-state index contributed by atoms with van der Waals surface area (Å²) in [6.45, 7) is 0.708. The van der Waals surface area contributed by atoms with E-state index < -0.39 is 12.5 Å². The molecule has 0 aromatic carbocycles. The SMILES string of the molecule is CN(C)CCn1ncc(NCC(O)C(F)F)c(Br)c1=O. The van der Waals surface area contributed by atoms with Crippen LogP contribution in [0.15, 0.2) is 15.5 Å². The molecule has 0 aliphatic rings. The number of nitrogens with one attached hydrogen (secondary N) is 1. The molecule has 6 nitrogen and oxygen atoms in total. The zero-order chi connectivity index (χ0) is 15.3. The van der Waals surface area contributed by atoms with E-state index in [0.717, 1.165) is 0 Å². The summed E-state index contributed by atoms with van der Waals surface area (Å²) < 4.78 is 25.8. The first-order valence-electron chi connectivity index (χ1n) is 5.93. The number of aromatic nitrogens is 2. The van der Waals surface area contributed by atoms with E-state index in [-0.39, 0.29) is 22.3 Å². The van der Waals surface area contributed by atoms with Gasteiger partial charge in [0, 0.05) is 13.1 Å². The van der Waals surface area contributed by atoms with Crippen molar-refractivity contribution in [3.05, 3.63) is 21.0 Å². The quantitative estimate of drug-likeness (QED) is 0.750. The van der Waals surface area contributed by atoms with Gasteiger partial charge in [0.25, 0.3) is 12.0 Å². The molecule has 1 unspecified atom stereocenters. The summed E-state index contributed by atoms with van der Waals surface area (Å²) >= 11 is 3.11. The number of aliphatic hydroxyl groups is 1. The molecule has 1 aromatic heterocycles. The van der Waals surface area contributed by atoms with Crippen molar-refractivity contribution < 1.29 is 13.9 Å². The number of halogens is 3. The molecule has 1 atom stereocenters. The van der Waals surface area contributed by atoms with Crippen LogP contribution in [0.5, 0.6) is 0 Å². The average Bonchev–Trinajstić information content (AvgIpc) is 2.38. The fourth-order valence-electron chi connectivity index (χ4n) is 1.35. The van der Waals surface area contributed by atoms with Crippen LogP contribution in [0.1, 0.15) is 0 Å². The molecule has 20 heavy (non-hydrogen) atoms. The fourth-order valence-corrected chi connectivity index (χ4v) is 1.79. The van der Waals surface area contributed by atoms with Crippen LogP contribution in [0, 0.1) is 0 Å². The van der Waals surface area contributed by atoms with Crippen molar-refractivity contribution in [2.75, 3.05) is 32.5 Å². The van der Waals surface area contributed by atoms with Crippen molar-refractivity contribution in [1.82, 2.24) is 14.7 Å². The van der Waals surface area contributed by atoms with E-state index >= 15 is 0 Å². The lowest BCUT2D eigenvalue weighted by Gasteiger charge is -2.14. The minimum Gasteiger partial charge on any atom is -0.385 e. The van der Waals surface area contributed by atoms with Crippen LogP contribution in [0.4, 0.5) is 14.5 Å². The Morgan fingerprint density at radius 1 is 1.55 bits per heavy atom. The summed E-state index contributed by atoms with van der Waals surface area (Å²) in [4.78, 5) is 13.9. The van der Waals surface area contributed by atoms with E-state index in [2.05, 4.69) is 26.3 Å². The molecule has 0 fully saturated rings. The standard InChI is InChI=1S/C11H17BrF2N4O2/c1-17(2)3-4-18-11(20)9(12)7(5-16-18)15-6-8(19)10(13)14/h5,8,10,15,19H,3-4,6H2,1-2H3. The van der Waals surface area contributed by atoms with Gasteiger partial charge in [-0.05, 0) is 30.0 Å². The molecule has 1 rings (SSSR count). The third kappa shape index (κ3) is 4.80. The molecule has 114 valence electrons. The Balaban J connectivity index is 2.76. The molecular weight excluding hydrogens is 338 g/mol. The van der Waals surface area contributed by atoms with Gasteiger partial charge in [0.15, 0.2) is 0 Å². The first kappa shape index (κ1) is 17.0. The van der Waals surface area contributed by atoms with Gasteiger partial charge in [-0.1, -0.05) is 0 Å². The molecule has 1 aromatic rings. The maximum atomic E-state index is 12.2. The van der Waals surface area contributed by atoms with Gasteiger partial charge >= 0.3 is 0 Å². The fraction of sp³-hybridized carbons (Fsp3) is 0.636. The van der Waals surface area contributed by atoms with Crippen molar-refractivity contribution >= 4 is 21.6 Å². The van der Waals surface area contributed by atoms with Gasteiger partial charge in [0.1, 0.15) is 10.6 Å². The Kier molecular flexibility index (Phi) is 6.50. The number of hydrogen-bond donors (Lipinski definition) is 2. The van der Waals surface area contributed by atoms with Gasteiger partial charge in [0.05, 0.1) is 18.4 Å². The van der Waals surface area contributed by atoms with E-state index in [1.54, 1.807) is 0 Å². The summed E-state index contributed by atoms with van der Waals surface area (Å²) in [5.74, 6) is 0. The zero-order valence-electron chi connectivity index (χ0n) is 11.2. The van der Waals surface area contributed by atoms with Crippen molar-refractivity contribution in [2.24, 2.45) is 0 Å². The second-order valence-electron chi connectivity index (χ2n) is 4.49. The minimum absolute atomic E-state index is 0.202. The van der Waals surface area contributed by atoms with Crippen LogP contribution in [0.3, 0.4) is 0 Å². The van der Waals surface area contributed by atoms with Gasteiger partial charge < -0.3 is 15.3 Å². The van der Waals surface area contributed by atoms with E-state index in [1.165, 1.54) is 10.9 Å². The Morgan fingerprint density at radius 2 is 2.20 bits per heavy atom. The Morgan fingerprint density at radius 3 is 2.75 bits per heavy atom. The highest BCUT2D eigenvalue weighted by molar-refractivity contribution is 9.10. The number of hydrogen-bond acceptors (Lipinski definition) is 5. The van der Waals surface area contributed by atoms with Crippen LogP contribution in [-0.2, 0) is 6.54 Å². The highest BCUT2D eigenvalue weighted by Gasteiger charge is 2.17. The van der Waals surface area contributed by atoms with Crippen molar-refractivity contribution in [3.8, 4) is 0 Å². The second-order valence-corrected chi connectivity index (χ2v) is 5.28. The third-order valence-corrected chi connectivity index (χ3v) is 3.30. The average molecular weight is 355 g/mol. The molecule has 0 bridgehead atoms. The van der Waals surface area contributed by atoms with Crippen molar-refractivity contribution in [1.29, 1.82) is 0 Å². The third-order valence-electron chi connectivity index (χ3n) is 2.54. The molecule has 0 aliphatic heterocycles. The van der Waals surface area contributed by atoms with Crippen LogP contribution in [-0.4, -0.2) is 59.5 Å². The van der Waals surface area contributed by atoms with E-state index in [4.69, 9.17) is 5.11 Å². The number of alkyl halides is 2. The molecule has 1 heterocycles. The summed E-state index contributed by atoms with van der Waals surface area (Å²) in [5.41, 5.74) is -0.0841. The van der Waals surface area contributed by atoms with Gasteiger partial charge in [-0.15, -0.1) is 0 Å². The number of anilines is 1. The molecule has 0 radical (unpaired) electrons. The highest BCUT2D eigenvalue weighted by atomic mass is 79.9. The summed E-state index contributed by atoms with van der Waals surface area (Å²) in [6, 6.07) is 0. The molecule has 9 heteroatoms. The molecule has 0 aliphatic carbocycles. The number of likely N-dealkylation sites (N-methyl/N-ethyl adjacent to an activating group) is 1. The zero-order valence-corrected chi connectivity index (χ0v) is 12.8. The Bertz CT molecular complexity index is 496. The Hall–Kier alpha value is -1.06. The predicted octanol–water partition coefficient (Wildman–Crippen LogP) is 0.605. The summed E-state index contributed by atoms with van der Waals surface area (Å²) in [7, 11) is 3.75. The normalized spacial score (nSPS) is 13.0. The maximum absolute atomic E-state index is 12.2. The van der Waals surface area contributed by atoms with E-state index in [1.807, 2.05) is 19.0 Å². The van der Waals surface area contributed by atoms with Crippen molar-refractivity contribution in [2.45, 2.75) is 19.1 Å². The summed E-state index contributed by atoms with van der Waals surface area (Å²) in [5, 5.41) is 15.5. The van der Waals surface area contributed by atoms with E-state index in [9.17, 15) is 13.6 Å². The number of aliphatic hydroxyl groups excluding tert-OH is 1. The molecular formula is C11H17BrF2N4O2. The van der Waals surface area contributed by atoms with Gasteiger partial charge in [-0.2, -0.15) is 5.10 Å². The van der Waals surface area contributed by atoms with Crippen molar-refractivity contribution in [3.63, 3.8) is 0 Å². The summed E-state index contributed by atoms with van der Waals surface area (Å²) in [6.07, 6.45) is -3.27. The highest BCUT2D eigenvalue weighted by Crippen LogP contribution is 2.16. The van der Waals surface area contributed by atoms with Gasteiger partial charge in [-0.3, -0.25) is 4.79 Å². The van der Waals surface area contributed by atoms with Crippen LogP contribution >= 0.6 is 15.9 Å². The van der Waals surface area contributed by atoms with Crippen LogP contribution in [0.2, 0.25) is 0 Å². The second kappa shape index (κ2) is 7.65. The van der Waals surface area contributed by atoms with E-state index in [0.29, 0.717) is 13.1 Å². The van der Waals surface area contributed by atoms with Gasteiger partial charge in [-0.25, -0.2) is 13.5 Å². The van der Waals surface area contributed by atoms with Crippen LogP contribution < -0.4 is 10.9 Å². The maximum Gasteiger partial charge on any atom is 0.283 e. The number of rotatable bonds is 7. The van der Waals surface area contributed by atoms with Gasteiger partial charge in [0.2, 0.25) is 0 Å². The molecule has 0 saturated heterocycles. The lowest BCUT2D eigenvalue weighted by Crippen LogP contribution is -2.31. The molecule has 2 N–H and O–H groups in total. The molecule has 0 spiro atoms. The topological polar surface area (TPSA) is 70.4 Å². The number of nitrogens with zero attached hydrogens (tertiary/aromatic N) is 3. The predicted molar refractivity (Wildman–Crippen MR) is 75.3 cm³/mol. The smallest absolute Gasteiger partial charge is 0.283 e. The Labute approximate surface area is 123 Å². The minimum atomic E-state index is -2.84. The first-order chi connectivity index (χ1) is 9.32. The molecule has 0 saturated carbocycles. The lowest BCUT2D eigenvalue weighted by molar-refractivity contribution is 0.00383.